The highest BCUT2D eigenvalue weighted by Crippen LogP contribution is 2.56. The largest absolute Gasteiger partial charge is 0.573 e. The summed E-state index contributed by atoms with van der Waals surface area (Å²) in [6.07, 6.45) is -2.21. The zero-order chi connectivity index (χ0) is 26.0. The lowest BCUT2D eigenvalue weighted by atomic mass is 9.97. The monoisotopic (exact) mass is 494 g/mol. The quantitative estimate of drug-likeness (QED) is 0.337. The molecule has 0 bridgehead atoms. The fourth-order valence-corrected chi connectivity index (χ4v) is 4.27. The fraction of sp³-hybridized carbons (Fsp3) is 0.519. The van der Waals surface area contributed by atoms with Crippen LogP contribution in [-0.4, -0.2) is 29.6 Å². The van der Waals surface area contributed by atoms with Crippen molar-refractivity contribution in [2.45, 2.75) is 77.9 Å². The Bertz CT molecular complexity index is 1010. The molecule has 1 aliphatic carbocycles. The van der Waals surface area contributed by atoms with Gasteiger partial charge in [0.2, 0.25) is 0 Å². The minimum absolute atomic E-state index is 0.183. The SMILES string of the molecule is CCCCOC(c1ccc(OC(F)(F)F)cc1)C1CC1c1cc(C)c(OC(C)(C)C(=O)O)c(C)c1. The van der Waals surface area contributed by atoms with Gasteiger partial charge in [-0.05, 0) is 86.8 Å². The van der Waals surface area contributed by atoms with Gasteiger partial charge in [0.1, 0.15) is 11.5 Å². The highest BCUT2D eigenvalue weighted by atomic mass is 19.4. The van der Waals surface area contributed by atoms with Crippen LogP contribution in [0, 0.1) is 19.8 Å². The van der Waals surface area contributed by atoms with Crippen LogP contribution in [0.25, 0.3) is 0 Å². The Morgan fingerprint density at radius 2 is 1.69 bits per heavy atom. The zero-order valence-corrected chi connectivity index (χ0v) is 20.7. The second-order valence-electron chi connectivity index (χ2n) is 9.67. The first-order chi connectivity index (χ1) is 16.3. The molecule has 0 aliphatic heterocycles. The van der Waals surface area contributed by atoms with Crippen molar-refractivity contribution < 1.29 is 37.3 Å². The Morgan fingerprint density at radius 3 is 2.20 bits per heavy atom. The molecule has 5 nitrogen and oxygen atoms in total. The molecule has 35 heavy (non-hydrogen) atoms. The van der Waals surface area contributed by atoms with E-state index < -0.39 is 17.9 Å². The molecule has 0 radical (unpaired) electrons. The number of carboxylic acid groups (broad SMARTS) is 1. The molecular weight excluding hydrogens is 461 g/mol. The van der Waals surface area contributed by atoms with Gasteiger partial charge in [0, 0.05) is 6.61 Å². The number of benzene rings is 2. The summed E-state index contributed by atoms with van der Waals surface area (Å²) in [6, 6.07) is 9.95. The summed E-state index contributed by atoms with van der Waals surface area (Å²) in [7, 11) is 0. The van der Waals surface area contributed by atoms with Crippen LogP contribution in [0.3, 0.4) is 0 Å². The number of halogens is 3. The molecule has 1 fully saturated rings. The van der Waals surface area contributed by atoms with Gasteiger partial charge >= 0.3 is 12.3 Å². The third kappa shape index (κ3) is 6.90. The van der Waals surface area contributed by atoms with Gasteiger partial charge in [0.05, 0.1) is 6.10 Å². The van der Waals surface area contributed by atoms with E-state index in [0.29, 0.717) is 12.4 Å². The van der Waals surface area contributed by atoms with Crippen molar-refractivity contribution in [2.24, 2.45) is 5.92 Å². The van der Waals surface area contributed by atoms with E-state index in [-0.39, 0.29) is 23.7 Å². The lowest BCUT2D eigenvalue weighted by Crippen LogP contribution is -2.38. The normalized spacial score (nSPS) is 18.7. The molecule has 0 aromatic heterocycles. The highest BCUT2D eigenvalue weighted by Gasteiger charge is 2.45. The number of rotatable bonds is 11. The average molecular weight is 495 g/mol. The number of carboxylic acids is 1. The zero-order valence-electron chi connectivity index (χ0n) is 20.7. The minimum atomic E-state index is -4.73. The maximum atomic E-state index is 12.5. The molecule has 192 valence electrons. The summed E-state index contributed by atoms with van der Waals surface area (Å²) in [5, 5.41) is 9.40. The lowest BCUT2D eigenvalue weighted by Gasteiger charge is -2.25. The number of alkyl halides is 3. The molecule has 0 spiro atoms. The number of carbonyl (C=O) groups is 1. The second-order valence-corrected chi connectivity index (χ2v) is 9.67. The summed E-state index contributed by atoms with van der Waals surface area (Å²) in [4.78, 5) is 11.5. The number of aryl methyl sites for hydroxylation is 2. The molecule has 0 amide bonds. The van der Waals surface area contributed by atoms with Crippen LogP contribution < -0.4 is 9.47 Å². The molecule has 1 aliphatic rings. The minimum Gasteiger partial charge on any atom is -0.478 e. The fourth-order valence-electron chi connectivity index (χ4n) is 4.27. The number of unbranched alkanes of at least 4 members (excludes halogenated alkanes) is 1. The molecule has 3 atom stereocenters. The molecule has 8 heteroatoms. The molecular formula is C27H33F3O5. The van der Waals surface area contributed by atoms with Crippen LogP contribution in [0.5, 0.6) is 11.5 Å². The van der Waals surface area contributed by atoms with Gasteiger partial charge < -0.3 is 19.3 Å². The molecule has 3 unspecified atom stereocenters. The predicted molar refractivity (Wildman–Crippen MR) is 126 cm³/mol. The number of ether oxygens (including phenoxy) is 3. The smallest absolute Gasteiger partial charge is 0.478 e. The summed E-state index contributed by atoms with van der Waals surface area (Å²) in [5.74, 6) is -0.323. The van der Waals surface area contributed by atoms with E-state index in [1.165, 1.54) is 26.0 Å². The second kappa shape index (κ2) is 10.5. The number of hydrogen-bond acceptors (Lipinski definition) is 4. The van der Waals surface area contributed by atoms with Crippen LogP contribution in [0.1, 0.15) is 74.3 Å². The van der Waals surface area contributed by atoms with Crippen LogP contribution in [-0.2, 0) is 9.53 Å². The Balaban J connectivity index is 1.80. The first-order valence-corrected chi connectivity index (χ1v) is 11.8. The van der Waals surface area contributed by atoms with E-state index in [4.69, 9.17) is 9.47 Å². The first kappa shape index (κ1) is 26.9. The lowest BCUT2D eigenvalue weighted by molar-refractivity contribution is -0.274. The van der Waals surface area contributed by atoms with Crippen LogP contribution in [0.15, 0.2) is 36.4 Å². The number of hydrogen-bond donors (Lipinski definition) is 1. The maximum Gasteiger partial charge on any atom is 0.573 e. The van der Waals surface area contributed by atoms with Gasteiger partial charge in [0.15, 0.2) is 5.60 Å². The molecule has 0 heterocycles. The van der Waals surface area contributed by atoms with Crippen molar-refractivity contribution in [3.8, 4) is 11.5 Å². The van der Waals surface area contributed by atoms with Gasteiger partial charge in [-0.1, -0.05) is 37.6 Å². The topological polar surface area (TPSA) is 65.0 Å². The van der Waals surface area contributed by atoms with E-state index in [1.54, 1.807) is 12.1 Å². The standard InChI is InChI=1S/C27H33F3O5/c1-6-7-12-33-24(18-8-10-20(11-9-18)34-27(28,29)30)22-15-21(22)19-13-16(2)23(17(3)14-19)35-26(4,5)25(31)32/h8-11,13-14,21-22,24H,6-7,12,15H2,1-5H3,(H,31,32). The van der Waals surface area contributed by atoms with E-state index in [1.807, 2.05) is 26.0 Å². The summed E-state index contributed by atoms with van der Waals surface area (Å²) >= 11 is 0. The van der Waals surface area contributed by atoms with Gasteiger partial charge in [0.25, 0.3) is 0 Å². The number of aliphatic carboxylic acids is 1. The van der Waals surface area contributed by atoms with Crippen molar-refractivity contribution in [3.05, 3.63) is 58.7 Å². The molecule has 2 aromatic carbocycles. The Kier molecular flexibility index (Phi) is 8.04. The third-order valence-corrected chi connectivity index (χ3v) is 6.25. The van der Waals surface area contributed by atoms with Gasteiger partial charge in [-0.3, -0.25) is 0 Å². The Labute approximate surface area is 204 Å². The summed E-state index contributed by atoms with van der Waals surface area (Å²) < 4.78 is 53.6. The molecule has 2 aromatic rings. The molecule has 1 saturated carbocycles. The van der Waals surface area contributed by atoms with E-state index in [0.717, 1.165) is 41.5 Å². The van der Waals surface area contributed by atoms with Crippen LogP contribution in [0.4, 0.5) is 13.2 Å². The Morgan fingerprint density at radius 1 is 1.09 bits per heavy atom. The first-order valence-electron chi connectivity index (χ1n) is 11.8. The molecule has 1 N–H and O–H groups in total. The molecule has 3 rings (SSSR count). The summed E-state index contributed by atoms with van der Waals surface area (Å²) in [6.45, 7) is 9.47. The van der Waals surface area contributed by atoms with Crippen molar-refractivity contribution in [1.82, 2.24) is 0 Å². The average Bonchev–Trinajstić information content (AvgIpc) is 3.54. The van der Waals surface area contributed by atoms with Gasteiger partial charge in [-0.15, -0.1) is 13.2 Å². The maximum absolute atomic E-state index is 12.5. The van der Waals surface area contributed by atoms with Gasteiger partial charge in [-0.2, -0.15) is 0 Å². The van der Waals surface area contributed by atoms with Crippen molar-refractivity contribution >= 4 is 5.97 Å². The molecule has 0 saturated heterocycles. The predicted octanol–water partition coefficient (Wildman–Crippen LogP) is 7.11. The van der Waals surface area contributed by atoms with Crippen molar-refractivity contribution in [1.29, 1.82) is 0 Å². The van der Waals surface area contributed by atoms with Crippen LogP contribution in [0.2, 0.25) is 0 Å². The van der Waals surface area contributed by atoms with E-state index in [9.17, 15) is 23.1 Å². The van der Waals surface area contributed by atoms with Gasteiger partial charge in [-0.25, -0.2) is 4.79 Å². The van der Waals surface area contributed by atoms with Crippen LogP contribution >= 0.6 is 0 Å². The Hall–Kier alpha value is -2.74. The third-order valence-electron chi connectivity index (χ3n) is 6.25. The van der Waals surface area contributed by atoms with Crippen molar-refractivity contribution in [3.63, 3.8) is 0 Å². The van der Waals surface area contributed by atoms with E-state index >= 15 is 0 Å². The highest BCUT2D eigenvalue weighted by molar-refractivity contribution is 5.77. The van der Waals surface area contributed by atoms with E-state index in [2.05, 4.69) is 11.7 Å². The van der Waals surface area contributed by atoms with Crippen molar-refractivity contribution in [2.75, 3.05) is 6.61 Å². The summed E-state index contributed by atoms with van der Waals surface area (Å²) in [5.41, 5.74) is 2.31.